The van der Waals surface area contributed by atoms with Gasteiger partial charge in [0.1, 0.15) is 0 Å². The number of aryl methyl sites for hydroxylation is 2. The van der Waals surface area contributed by atoms with Crippen molar-refractivity contribution in [1.82, 2.24) is 5.32 Å². The molecule has 5 nitrogen and oxygen atoms in total. The van der Waals surface area contributed by atoms with E-state index < -0.39 is 5.92 Å². The summed E-state index contributed by atoms with van der Waals surface area (Å²) in [5, 5.41) is 17.6. The summed E-state index contributed by atoms with van der Waals surface area (Å²) >= 11 is 14.0. The Kier molecular flexibility index (Phi) is 7.37. The molecule has 1 aliphatic heterocycles. The van der Waals surface area contributed by atoms with Gasteiger partial charge in [-0.2, -0.15) is 5.26 Å². The van der Waals surface area contributed by atoms with Crippen LogP contribution in [0.4, 0.5) is 5.69 Å². The number of Topliss-reactive ketones (excluding diaryl/α,β-unsaturated/α-hetero) is 1. The number of ketones is 1. The maximum atomic E-state index is 12.9. The third-order valence-electron chi connectivity index (χ3n) is 6.09. The fourth-order valence-electron chi connectivity index (χ4n) is 4.25. The van der Waals surface area contributed by atoms with Crippen molar-refractivity contribution >= 4 is 52.3 Å². The summed E-state index contributed by atoms with van der Waals surface area (Å²) in [6, 6.07) is 13.3. The zero-order valence-corrected chi connectivity index (χ0v) is 21.1. The molecule has 1 amide bonds. The average Bonchev–Trinajstić information content (AvgIpc) is 2.81. The van der Waals surface area contributed by atoms with Gasteiger partial charge in [0.2, 0.25) is 5.91 Å². The van der Waals surface area contributed by atoms with Crippen LogP contribution < -0.4 is 10.6 Å². The minimum atomic E-state index is -0.620. The van der Waals surface area contributed by atoms with Crippen LogP contribution in [-0.2, 0) is 9.59 Å². The molecule has 0 saturated carbocycles. The number of rotatable bonds is 5. The van der Waals surface area contributed by atoms with E-state index in [0.717, 1.165) is 28.9 Å². The summed E-state index contributed by atoms with van der Waals surface area (Å²) in [4.78, 5) is 25.6. The van der Waals surface area contributed by atoms with Gasteiger partial charge in [-0.3, -0.25) is 9.59 Å². The Balaban J connectivity index is 1.64. The van der Waals surface area contributed by atoms with Gasteiger partial charge < -0.3 is 10.6 Å². The van der Waals surface area contributed by atoms with E-state index in [1.165, 1.54) is 11.8 Å². The second-order valence-electron chi connectivity index (χ2n) is 8.36. The topological polar surface area (TPSA) is 82.0 Å². The van der Waals surface area contributed by atoms with Crippen molar-refractivity contribution in [3.63, 3.8) is 0 Å². The molecule has 0 saturated heterocycles. The van der Waals surface area contributed by atoms with Crippen molar-refractivity contribution in [2.24, 2.45) is 0 Å². The van der Waals surface area contributed by atoms with Crippen molar-refractivity contribution in [3.05, 3.63) is 85.0 Å². The quantitative estimate of drug-likeness (QED) is 0.484. The normalized spacial score (nSPS) is 17.7. The number of allylic oxidation sites excluding steroid dienone is 3. The van der Waals surface area contributed by atoms with Gasteiger partial charge in [-0.05, 0) is 61.6 Å². The van der Waals surface area contributed by atoms with Gasteiger partial charge >= 0.3 is 0 Å². The number of hydrogen-bond acceptors (Lipinski definition) is 5. The second kappa shape index (κ2) is 10.3. The zero-order chi connectivity index (χ0) is 24.4. The van der Waals surface area contributed by atoms with Gasteiger partial charge in [-0.1, -0.05) is 53.2 Å². The molecule has 0 radical (unpaired) electrons. The summed E-state index contributed by atoms with van der Waals surface area (Å²) in [7, 11) is 0. The Labute approximate surface area is 213 Å². The minimum absolute atomic E-state index is 0.000855. The highest BCUT2D eigenvalue weighted by molar-refractivity contribution is 8.03. The molecule has 0 aromatic heterocycles. The number of carbonyl (C=O) groups is 2. The summed E-state index contributed by atoms with van der Waals surface area (Å²) in [5.41, 5.74) is 5.31. The van der Waals surface area contributed by atoms with Crippen molar-refractivity contribution in [1.29, 1.82) is 5.26 Å². The number of nitrogens with zero attached hydrogens (tertiary/aromatic N) is 1. The molecule has 2 aromatic rings. The van der Waals surface area contributed by atoms with Crippen molar-refractivity contribution in [2.75, 3.05) is 11.1 Å². The first-order valence-corrected chi connectivity index (χ1v) is 12.7. The first kappa shape index (κ1) is 24.4. The Morgan fingerprint density at radius 1 is 1.21 bits per heavy atom. The molecule has 0 bridgehead atoms. The second-order valence-corrected chi connectivity index (χ2v) is 10.1. The zero-order valence-electron chi connectivity index (χ0n) is 18.8. The molecular weight excluding hydrogens is 489 g/mol. The fraction of sp³-hybridized carbons (Fsp3) is 0.269. The molecule has 2 N–H and O–H groups in total. The Morgan fingerprint density at radius 2 is 2.00 bits per heavy atom. The van der Waals surface area contributed by atoms with E-state index in [0.29, 0.717) is 44.6 Å². The molecule has 0 fully saturated rings. The van der Waals surface area contributed by atoms with Crippen LogP contribution in [0.1, 0.15) is 41.9 Å². The van der Waals surface area contributed by atoms with Gasteiger partial charge in [-0.15, -0.1) is 0 Å². The lowest BCUT2D eigenvalue weighted by Crippen LogP contribution is -2.32. The van der Waals surface area contributed by atoms with E-state index in [1.807, 2.05) is 32.0 Å². The van der Waals surface area contributed by atoms with Crippen LogP contribution in [0.5, 0.6) is 0 Å². The molecule has 1 heterocycles. The number of thioether (sulfide) groups is 1. The van der Waals surface area contributed by atoms with E-state index in [4.69, 9.17) is 23.2 Å². The predicted molar refractivity (Wildman–Crippen MR) is 138 cm³/mol. The van der Waals surface area contributed by atoms with E-state index >= 15 is 0 Å². The van der Waals surface area contributed by atoms with Crippen LogP contribution in [0, 0.1) is 25.2 Å². The number of benzene rings is 2. The lowest BCUT2D eigenvalue weighted by molar-refractivity contribution is -0.116. The summed E-state index contributed by atoms with van der Waals surface area (Å²) < 4.78 is 0. The standard InChI is InChI=1S/C26H23Cl2N3O2S/c1-14-9-10-16(11-15(14)2)30-22(33)13-34-26-18(12-29)23(17-5-3-6-19(27)25(17)28)24-20(31-26)7-4-8-21(24)32/h3,5-6,9-11,23,31H,4,7-8,13H2,1-2H3,(H,30,33)/t23-/m1/s1. The van der Waals surface area contributed by atoms with Crippen molar-refractivity contribution in [2.45, 2.75) is 39.0 Å². The van der Waals surface area contributed by atoms with E-state index in [2.05, 4.69) is 16.7 Å². The third kappa shape index (κ3) is 4.88. The highest BCUT2D eigenvalue weighted by Gasteiger charge is 2.38. The van der Waals surface area contributed by atoms with Crippen LogP contribution in [-0.4, -0.2) is 17.4 Å². The van der Waals surface area contributed by atoms with E-state index in [9.17, 15) is 14.9 Å². The van der Waals surface area contributed by atoms with Crippen LogP contribution in [0.3, 0.4) is 0 Å². The largest absolute Gasteiger partial charge is 0.352 e. The van der Waals surface area contributed by atoms with Gasteiger partial charge in [0.25, 0.3) is 0 Å². The molecule has 2 aliphatic rings. The molecule has 0 spiro atoms. The molecule has 34 heavy (non-hydrogen) atoms. The molecular formula is C26H23Cl2N3O2S. The van der Waals surface area contributed by atoms with E-state index in [-0.39, 0.29) is 17.4 Å². The summed E-state index contributed by atoms with van der Waals surface area (Å²) in [6.07, 6.45) is 1.84. The van der Waals surface area contributed by atoms with Crippen molar-refractivity contribution < 1.29 is 9.59 Å². The average molecular weight is 512 g/mol. The Bertz CT molecular complexity index is 1290. The van der Waals surface area contributed by atoms with Gasteiger partial charge in [0.15, 0.2) is 5.78 Å². The Hall–Kier alpha value is -2.72. The molecule has 174 valence electrons. The van der Waals surface area contributed by atoms with Gasteiger partial charge in [0, 0.05) is 23.4 Å². The van der Waals surface area contributed by atoms with Crippen molar-refractivity contribution in [3.8, 4) is 6.07 Å². The SMILES string of the molecule is Cc1ccc(NC(=O)CSC2=C(C#N)[C@@H](c3cccc(Cl)c3Cl)C3=C(CCCC3=O)N2)cc1C. The number of nitrogens with one attached hydrogen (secondary N) is 2. The third-order valence-corrected chi connectivity index (χ3v) is 7.94. The molecule has 1 atom stereocenters. The number of halogens is 2. The number of hydrogen-bond donors (Lipinski definition) is 2. The first-order chi connectivity index (χ1) is 16.3. The monoisotopic (exact) mass is 511 g/mol. The number of amides is 1. The molecule has 2 aromatic carbocycles. The maximum Gasteiger partial charge on any atom is 0.234 e. The molecule has 8 heteroatoms. The van der Waals surface area contributed by atoms with E-state index in [1.54, 1.807) is 18.2 Å². The fourth-order valence-corrected chi connectivity index (χ4v) is 5.52. The number of nitriles is 1. The van der Waals surface area contributed by atoms with Crippen LogP contribution in [0.25, 0.3) is 0 Å². The maximum absolute atomic E-state index is 12.9. The highest BCUT2D eigenvalue weighted by Crippen LogP contribution is 2.46. The number of carbonyl (C=O) groups excluding carboxylic acids is 2. The van der Waals surface area contributed by atoms with Gasteiger partial charge in [-0.25, -0.2) is 0 Å². The number of dihydropyridines is 1. The molecule has 0 unspecified atom stereocenters. The lowest BCUT2D eigenvalue weighted by atomic mass is 9.77. The summed E-state index contributed by atoms with van der Waals surface area (Å²) in [5.74, 6) is -0.700. The smallest absolute Gasteiger partial charge is 0.234 e. The number of anilines is 1. The predicted octanol–water partition coefficient (Wildman–Crippen LogP) is 6.41. The highest BCUT2D eigenvalue weighted by atomic mass is 35.5. The minimum Gasteiger partial charge on any atom is -0.352 e. The van der Waals surface area contributed by atoms with Gasteiger partial charge in [0.05, 0.1) is 38.4 Å². The summed E-state index contributed by atoms with van der Waals surface area (Å²) in [6.45, 7) is 4.01. The molecule has 4 rings (SSSR count). The lowest BCUT2D eigenvalue weighted by Gasteiger charge is -2.33. The first-order valence-electron chi connectivity index (χ1n) is 10.9. The van der Waals surface area contributed by atoms with Crippen LogP contribution in [0.2, 0.25) is 10.0 Å². The van der Waals surface area contributed by atoms with Crippen LogP contribution >= 0.6 is 35.0 Å². The van der Waals surface area contributed by atoms with Crippen LogP contribution in [0.15, 0.2) is 58.3 Å². The Morgan fingerprint density at radius 3 is 2.74 bits per heavy atom. The molecule has 1 aliphatic carbocycles.